The van der Waals surface area contributed by atoms with Gasteiger partial charge in [0.25, 0.3) is 0 Å². The maximum absolute atomic E-state index is 11.0. The standard InChI is InChI=1S/C12H15ClO4S/c13-18(14,15)9-10-2-1-3-12(8-10)17-11-4-6-16-7-5-11/h1-3,8,11H,4-7,9H2. The summed E-state index contributed by atoms with van der Waals surface area (Å²) in [5.41, 5.74) is 0.634. The summed E-state index contributed by atoms with van der Waals surface area (Å²) in [6, 6.07) is 7.03. The predicted octanol–water partition coefficient (Wildman–Crippen LogP) is 2.31. The van der Waals surface area contributed by atoms with Crippen molar-refractivity contribution >= 4 is 19.7 Å². The van der Waals surface area contributed by atoms with Gasteiger partial charge in [0.1, 0.15) is 11.9 Å². The van der Waals surface area contributed by atoms with Gasteiger partial charge in [-0.25, -0.2) is 8.42 Å². The highest BCUT2D eigenvalue weighted by atomic mass is 35.7. The second-order valence-corrected chi connectivity index (χ2v) is 7.04. The SMILES string of the molecule is O=S(=O)(Cl)Cc1cccc(OC2CCOCC2)c1. The van der Waals surface area contributed by atoms with E-state index in [1.165, 1.54) is 0 Å². The summed E-state index contributed by atoms with van der Waals surface area (Å²) in [6.45, 7) is 1.42. The molecule has 1 saturated heterocycles. The molecule has 4 nitrogen and oxygen atoms in total. The Labute approximate surface area is 111 Å². The van der Waals surface area contributed by atoms with E-state index in [0.29, 0.717) is 24.5 Å². The van der Waals surface area contributed by atoms with Crippen molar-refractivity contribution in [3.8, 4) is 5.75 Å². The van der Waals surface area contributed by atoms with Crippen molar-refractivity contribution in [2.75, 3.05) is 13.2 Å². The van der Waals surface area contributed by atoms with Crippen LogP contribution < -0.4 is 4.74 Å². The maximum atomic E-state index is 11.0. The first-order chi connectivity index (χ1) is 8.53. The van der Waals surface area contributed by atoms with E-state index in [2.05, 4.69) is 0 Å². The van der Waals surface area contributed by atoms with Crippen molar-refractivity contribution in [1.82, 2.24) is 0 Å². The average molecular weight is 291 g/mol. The molecule has 1 aliphatic rings. The molecular weight excluding hydrogens is 276 g/mol. The highest BCUT2D eigenvalue weighted by Gasteiger charge is 2.15. The lowest BCUT2D eigenvalue weighted by Gasteiger charge is -2.23. The summed E-state index contributed by atoms with van der Waals surface area (Å²) in [6.07, 6.45) is 1.86. The van der Waals surface area contributed by atoms with Crippen molar-refractivity contribution in [3.05, 3.63) is 29.8 Å². The summed E-state index contributed by atoms with van der Waals surface area (Å²) >= 11 is 0. The first-order valence-corrected chi connectivity index (χ1v) is 8.26. The Morgan fingerprint density at radius 1 is 1.33 bits per heavy atom. The van der Waals surface area contributed by atoms with Gasteiger partial charge in [0.15, 0.2) is 0 Å². The Hall–Kier alpha value is -0.780. The first-order valence-electron chi connectivity index (χ1n) is 5.78. The molecule has 1 aromatic rings. The first kappa shape index (κ1) is 13.6. The molecule has 18 heavy (non-hydrogen) atoms. The number of hydrogen-bond acceptors (Lipinski definition) is 4. The van der Waals surface area contributed by atoms with Crippen molar-refractivity contribution in [2.24, 2.45) is 0 Å². The third-order valence-corrected chi connectivity index (χ3v) is 3.71. The molecule has 2 rings (SSSR count). The van der Waals surface area contributed by atoms with E-state index >= 15 is 0 Å². The minimum absolute atomic E-state index is 0.140. The second kappa shape index (κ2) is 5.91. The van der Waals surface area contributed by atoms with Crippen molar-refractivity contribution in [1.29, 1.82) is 0 Å². The molecule has 0 saturated carbocycles. The van der Waals surface area contributed by atoms with Gasteiger partial charge >= 0.3 is 0 Å². The summed E-state index contributed by atoms with van der Waals surface area (Å²) in [4.78, 5) is 0. The number of rotatable bonds is 4. The van der Waals surface area contributed by atoms with Crippen LogP contribution in [0, 0.1) is 0 Å². The highest BCUT2D eigenvalue weighted by molar-refractivity contribution is 8.13. The summed E-state index contributed by atoms with van der Waals surface area (Å²) in [7, 11) is 1.70. The van der Waals surface area contributed by atoms with Gasteiger partial charge in [0, 0.05) is 23.5 Å². The smallest absolute Gasteiger partial charge is 0.236 e. The van der Waals surface area contributed by atoms with Gasteiger partial charge in [-0.15, -0.1) is 0 Å². The van der Waals surface area contributed by atoms with Gasteiger partial charge in [-0.3, -0.25) is 0 Å². The lowest BCUT2D eigenvalue weighted by Crippen LogP contribution is -2.25. The van der Waals surface area contributed by atoms with E-state index in [0.717, 1.165) is 12.8 Å². The molecule has 0 atom stereocenters. The lowest BCUT2D eigenvalue weighted by atomic mass is 10.1. The summed E-state index contributed by atoms with van der Waals surface area (Å²) in [5, 5.41) is 0. The zero-order valence-electron chi connectivity index (χ0n) is 9.84. The van der Waals surface area contributed by atoms with E-state index in [1.807, 2.05) is 6.07 Å². The molecule has 6 heteroatoms. The normalized spacial score (nSPS) is 17.6. The molecule has 1 fully saturated rings. The minimum atomic E-state index is -3.53. The number of hydrogen-bond donors (Lipinski definition) is 0. The fraction of sp³-hybridized carbons (Fsp3) is 0.500. The van der Waals surface area contributed by atoms with E-state index < -0.39 is 9.05 Å². The van der Waals surface area contributed by atoms with Crippen LogP contribution in [0.5, 0.6) is 5.75 Å². The number of ether oxygens (including phenoxy) is 2. The van der Waals surface area contributed by atoms with Crippen molar-refractivity contribution in [3.63, 3.8) is 0 Å². The molecule has 0 unspecified atom stereocenters. The molecule has 0 amide bonds. The van der Waals surface area contributed by atoms with Crippen LogP contribution in [0.2, 0.25) is 0 Å². The van der Waals surface area contributed by atoms with Gasteiger partial charge in [0.05, 0.1) is 19.0 Å². The fourth-order valence-corrected chi connectivity index (χ4v) is 2.85. The lowest BCUT2D eigenvalue weighted by molar-refractivity contribution is 0.0255. The van der Waals surface area contributed by atoms with Crippen molar-refractivity contribution < 1.29 is 17.9 Å². The largest absolute Gasteiger partial charge is 0.490 e. The van der Waals surface area contributed by atoms with E-state index in [1.54, 1.807) is 18.2 Å². The molecule has 0 radical (unpaired) electrons. The molecule has 0 N–H and O–H groups in total. The van der Waals surface area contributed by atoms with Crippen LogP contribution in [0.4, 0.5) is 0 Å². The zero-order chi connectivity index (χ0) is 13.0. The molecule has 100 valence electrons. The Bertz CT molecular complexity index is 495. The molecule has 0 spiro atoms. The Morgan fingerprint density at radius 2 is 2.06 bits per heavy atom. The van der Waals surface area contributed by atoms with Crippen molar-refractivity contribution in [2.45, 2.75) is 24.7 Å². The third-order valence-electron chi connectivity index (χ3n) is 2.71. The fourth-order valence-electron chi connectivity index (χ4n) is 1.89. The van der Waals surface area contributed by atoms with E-state index in [9.17, 15) is 8.42 Å². The van der Waals surface area contributed by atoms with Gasteiger partial charge in [0.2, 0.25) is 9.05 Å². The highest BCUT2D eigenvalue weighted by Crippen LogP contribution is 2.20. The molecule has 1 aromatic carbocycles. The quantitative estimate of drug-likeness (QED) is 0.799. The number of benzene rings is 1. The molecule has 0 aliphatic carbocycles. The summed E-state index contributed by atoms with van der Waals surface area (Å²) in [5.74, 6) is 0.499. The van der Waals surface area contributed by atoms with E-state index in [-0.39, 0.29) is 11.9 Å². The third kappa shape index (κ3) is 4.48. The van der Waals surface area contributed by atoms with Gasteiger partial charge in [-0.2, -0.15) is 0 Å². The molecule has 1 heterocycles. The van der Waals surface area contributed by atoms with Gasteiger partial charge < -0.3 is 9.47 Å². The van der Waals surface area contributed by atoms with Gasteiger partial charge in [-0.1, -0.05) is 12.1 Å². The summed E-state index contributed by atoms with van der Waals surface area (Å²) < 4.78 is 33.1. The Kier molecular flexibility index (Phi) is 4.48. The predicted molar refractivity (Wildman–Crippen MR) is 69.4 cm³/mol. The van der Waals surface area contributed by atoms with Crippen LogP contribution in [-0.4, -0.2) is 27.7 Å². The Balaban J connectivity index is 2.02. The van der Waals surface area contributed by atoms with E-state index in [4.69, 9.17) is 20.2 Å². The van der Waals surface area contributed by atoms with Crippen LogP contribution in [-0.2, 0) is 19.5 Å². The Morgan fingerprint density at radius 3 is 2.72 bits per heavy atom. The topological polar surface area (TPSA) is 52.6 Å². The van der Waals surface area contributed by atoms with Gasteiger partial charge in [-0.05, 0) is 17.7 Å². The maximum Gasteiger partial charge on any atom is 0.236 e. The van der Waals surface area contributed by atoms with Crippen LogP contribution >= 0.6 is 10.7 Å². The van der Waals surface area contributed by atoms with Crippen LogP contribution in [0.3, 0.4) is 0 Å². The minimum Gasteiger partial charge on any atom is -0.490 e. The zero-order valence-corrected chi connectivity index (χ0v) is 11.4. The monoisotopic (exact) mass is 290 g/mol. The molecule has 0 aromatic heterocycles. The molecule has 1 aliphatic heterocycles. The second-order valence-electron chi connectivity index (χ2n) is 4.26. The molecular formula is C12H15ClO4S. The average Bonchev–Trinajstić information content (AvgIpc) is 2.28. The van der Waals surface area contributed by atoms with Crippen LogP contribution in [0.1, 0.15) is 18.4 Å². The molecule has 0 bridgehead atoms. The van der Waals surface area contributed by atoms with Crippen LogP contribution in [0.15, 0.2) is 24.3 Å². The number of halogens is 1. The van der Waals surface area contributed by atoms with Crippen LogP contribution in [0.25, 0.3) is 0 Å².